The first-order chi connectivity index (χ1) is 10.6. The summed E-state index contributed by atoms with van der Waals surface area (Å²) >= 11 is 7.70. The predicted molar refractivity (Wildman–Crippen MR) is 93.4 cm³/mol. The van der Waals surface area contributed by atoms with Gasteiger partial charge in [0.05, 0.1) is 5.56 Å². The molecule has 0 radical (unpaired) electrons. The monoisotopic (exact) mass is 334 g/mol. The molecule has 0 saturated carbocycles. The fourth-order valence-corrected chi connectivity index (χ4v) is 3.78. The minimum atomic E-state index is 0.160. The van der Waals surface area contributed by atoms with Crippen LogP contribution in [0, 0.1) is 13.8 Å². The van der Waals surface area contributed by atoms with Crippen LogP contribution in [0.15, 0.2) is 29.6 Å². The van der Waals surface area contributed by atoms with Gasteiger partial charge in [-0.25, -0.2) is 0 Å². The fraction of sp³-hybridized carbons (Fsp3) is 0.353. The molecular weight excluding hydrogens is 316 g/mol. The molecule has 3 nitrogen and oxygen atoms in total. The standard InChI is InChI=1S/C17H19ClN2OS/c1-12-13(2)22-11-16(12)17(21)20-8-6-19(7-9-20)15-5-3-4-14(18)10-15/h3-5,10-11H,6-9H2,1-2H3. The van der Waals surface area contributed by atoms with Crippen LogP contribution in [0.25, 0.3) is 0 Å². The molecule has 1 amide bonds. The molecule has 0 unspecified atom stereocenters. The average Bonchev–Trinajstić information content (AvgIpc) is 2.86. The van der Waals surface area contributed by atoms with Crippen molar-refractivity contribution in [3.05, 3.63) is 50.7 Å². The van der Waals surface area contributed by atoms with Gasteiger partial charge in [-0.1, -0.05) is 17.7 Å². The Hall–Kier alpha value is -1.52. The Kier molecular flexibility index (Phi) is 4.41. The van der Waals surface area contributed by atoms with Gasteiger partial charge in [0.1, 0.15) is 0 Å². The smallest absolute Gasteiger partial charge is 0.255 e. The zero-order valence-electron chi connectivity index (χ0n) is 12.8. The Labute approximate surface area is 140 Å². The Morgan fingerprint density at radius 1 is 1.18 bits per heavy atom. The van der Waals surface area contributed by atoms with Crippen molar-refractivity contribution < 1.29 is 4.79 Å². The van der Waals surface area contributed by atoms with E-state index in [0.29, 0.717) is 0 Å². The summed E-state index contributed by atoms with van der Waals surface area (Å²) in [5.74, 6) is 0.160. The van der Waals surface area contributed by atoms with E-state index < -0.39 is 0 Å². The van der Waals surface area contributed by atoms with E-state index in [0.717, 1.165) is 48.0 Å². The number of hydrogen-bond donors (Lipinski definition) is 0. The van der Waals surface area contributed by atoms with Gasteiger partial charge < -0.3 is 9.80 Å². The van der Waals surface area contributed by atoms with Crippen molar-refractivity contribution in [1.29, 1.82) is 0 Å². The van der Waals surface area contributed by atoms with Gasteiger partial charge in [-0.2, -0.15) is 0 Å². The summed E-state index contributed by atoms with van der Waals surface area (Å²) in [5, 5.41) is 2.73. The molecule has 116 valence electrons. The van der Waals surface area contributed by atoms with Gasteiger partial charge in [0.2, 0.25) is 0 Å². The third-order valence-electron chi connectivity index (χ3n) is 4.26. The first-order valence-corrected chi connectivity index (χ1v) is 8.66. The number of nitrogens with zero attached hydrogens (tertiary/aromatic N) is 2. The molecule has 3 rings (SSSR count). The summed E-state index contributed by atoms with van der Waals surface area (Å²) in [6, 6.07) is 7.89. The second-order valence-corrected chi connectivity index (χ2v) is 7.11. The van der Waals surface area contributed by atoms with E-state index in [1.165, 1.54) is 4.88 Å². The molecule has 1 aliphatic heterocycles. The van der Waals surface area contributed by atoms with Gasteiger partial charge in [-0.05, 0) is 37.6 Å². The van der Waals surface area contributed by atoms with E-state index in [1.54, 1.807) is 11.3 Å². The van der Waals surface area contributed by atoms with Crippen molar-refractivity contribution in [2.45, 2.75) is 13.8 Å². The highest BCUT2D eigenvalue weighted by Crippen LogP contribution is 2.24. The van der Waals surface area contributed by atoms with Crippen LogP contribution in [0.1, 0.15) is 20.8 Å². The Morgan fingerprint density at radius 2 is 1.91 bits per heavy atom. The van der Waals surface area contributed by atoms with Gasteiger partial charge in [0.25, 0.3) is 5.91 Å². The molecule has 2 aromatic rings. The molecule has 5 heteroatoms. The summed E-state index contributed by atoms with van der Waals surface area (Å²) in [6.45, 7) is 7.27. The Balaban J connectivity index is 1.67. The summed E-state index contributed by atoms with van der Waals surface area (Å²) < 4.78 is 0. The maximum Gasteiger partial charge on any atom is 0.255 e. The molecule has 0 aliphatic carbocycles. The van der Waals surface area contributed by atoms with E-state index in [1.807, 2.05) is 35.4 Å². The van der Waals surface area contributed by atoms with Crippen molar-refractivity contribution in [3.8, 4) is 0 Å². The number of piperazine rings is 1. The van der Waals surface area contributed by atoms with Crippen LogP contribution in [0.5, 0.6) is 0 Å². The first kappa shape index (κ1) is 15.4. The molecule has 1 fully saturated rings. The number of aryl methyl sites for hydroxylation is 1. The van der Waals surface area contributed by atoms with Crippen molar-refractivity contribution >= 4 is 34.5 Å². The highest BCUT2D eigenvalue weighted by Gasteiger charge is 2.24. The van der Waals surface area contributed by atoms with Crippen LogP contribution in [0.2, 0.25) is 5.02 Å². The predicted octanol–water partition coefficient (Wildman–Crippen LogP) is 3.98. The van der Waals surface area contributed by atoms with Gasteiger partial charge >= 0.3 is 0 Å². The van der Waals surface area contributed by atoms with Crippen molar-refractivity contribution in [2.24, 2.45) is 0 Å². The number of rotatable bonds is 2. The molecule has 0 atom stereocenters. The van der Waals surface area contributed by atoms with Crippen LogP contribution < -0.4 is 4.90 Å². The average molecular weight is 335 g/mol. The molecule has 0 bridgehead atoms. The lowest BCUT2D eigenvalue weighted by molar-refractivity contribution is 0.0746. The van der Waals surface area contributed by atoms with Gasteiger partial charge in [0, 0.05) is 47.1 Å². The Bertz CT molecular complexity index is 690. The molecule has 1 aliphatic rings. The summed E-state index contributed by atoms with van der Waals surface area (Å²) in [6.07, 6.45) is 0. The maximum atomic E-state index is 12.6. The third kappa shape index (κ3) is 2.99. The summed E-state index contributed by atoms with van der Waals surface area (Å²) in [5.41, 5.74) is 3.10. The summed E-state index contributed by atoms with van der Waals surface area (Å²) in [4.78, 5) is 18.1. The van der Waals surface area contributed by atoms with Gasteiger partial charge in [-0.15, -0.1) is 11.3 Å². The fourth-order valence-electron chi connectivity index (χ4n) is 2.74. The van der Waals surface area contributed by atoms with Crippen LogP contribution in [-0.2, 0) is 0 Å². The molecule has 1 aromatic carbocycles. The van der Waals surface area contributed by atoms with Crippen molar-refractivity contribution in [3.63, 3.8) is 0 Å². The van der Waals surface area contributed by atoms with E-state index >= 15 is 0 Å². The minimum Gasteiger partial charge on any atom is -0.368 e. The lowest BCUT2D eigenvalue weighted by atomic mass is 10.1. The normalized spacial score (nSPS) is 15.2. The number of hydrogen-bond acceptors (Lipinski definition) is 3. The molecule has 0 spiro atoms. The lowest BCUT2D eigenvalue weighted by Crippen LogP contribution is -2.48. The molecule has 0 N–H and O–H groups in total. The van der Waals surface area contributed by atoms with Crippen LogP contribution >= 0.6 is 22.9 Å². The molecule has 2 heterocycles. The molecule has 22 heavy (non-hydrogen) atoms. The molecule has 1 aromatic heterocycles. The Morgan fingerprint density at radius 3 is 2.50 bits per heavy atom. The molecule has 1 saturated heterocycles. The van der Waals surface area contributed by atoms with Gasteiger partial charge in [-0.3, -0.25) is 4.79 Å². The number of halogens is 1. The zero-order chi connectivity index (χ0) is 15.7. The second kappa shape index (κ2) is 6.31. The largest absolute Gasteiger partial charge is 0.368 e. The molecular formula is C17H19ClN2OS. The third-order valence-corrected chi connectivity index (χ3v) is 5.50. The number of carbonyl (C=O) groups is 1. The van der Waals surface area contributed by atoms with Gasteiger partial charge in [0.15, 0.2) is 0 Å². The van der Waals surface area contributed by atoms with Crippen molar-refractivity contribution in [2.75, 3.05) is 31.1 Å². The minimum absolute atomic E-state index is 0.160. The van der Waals surface area contributed by atoms with Crippen LogP contribution in [-0.4, -0.2) is 37.0 Å². The van der Waals surface area contributed by atoms with Crippen LogP contribution in [0.4, 0.5) is 5.69 Å². The SMILES string of the molecule is Cc1scc(C(=O)N2CCN(c3cccc(Cl)c3)CC2)c1C. The van der Waals surface area contributed by atoms with E-state index in [-0.39, 0.29) is 5.91 Å². The topological polar surface area (TPSA) is 23.6 Å². The number of amides is 1. The highest BCUT2D eigenvalue weighted by atomic mass is 35.5. The number of carbonyl (C=O) groups excluding carboxylic acids is 1. The van der Waals surface area contributed by atoms with Crippen molar-refractivity contribution in [1.82, 2.24) is 4.90 Å². The van der Waals surface area contributed by atoms with E-state index in [9.17, 15) is 4.79 Å². The van der Waals surface area contributed by atoms with E-state index in [4.69, 9.17) is 11.6 Å². The van der Waals surface area contributed by atoms with Crippen LogP contribution in [0.3, 0.4) is 0 Å². The quantitative estimate of drug-likeness (QED) is 0.829. The zero-order valence-corrected chi connectivity index (χ0v) is 14.4. The second-order valence-electron chi connectivity index (χ2n) is 5.59. The lowest BCUT2D eigenvalue weighted by Gasteiger charge is -2.36. The maximum absolute atomic E-state index is 12.6. The summed E-state index contributed by atoms with van der Waals surface area (Å²) in [7, 11) is 0. The highest BCUT2D eigenvalue weighted by molar-refractivity contribution is 7.10. The number of thiophene rings is 1. The first-order valence-electron chi connectivity index (χ1n) is 7.41. The number of anilines is 1. The van der Waals surface area contributed by atoms with E-state index in [2.05, 4.69) is 17.9 Å². The number of benzene rings is 1.